The summed E-state index contributed by atoms with van der Waals surface area (Å²) in [6, 6.07) is 11.4. The Labute approximate surface area is 202 Å². The minimum Gasteiger partial charge on any atom is -0.333 e. The van der Waals surface area contributed by atoms with Crippen molar-refractivity contribution in [2.45, 2.75) is 19.0 Å². The zero-order valence-electron chi connectivity index (χ0n) is 18.9. The molecule has 13 heteroatoms. The van der Waals surface area contributed by atoms with E-state index in [2.05, 4.69) is 20.6 Å². The number of rotatable bonds is 4. The summed E-state index contributed by atoms with van der Waals surface area (Å²) in [4.78, 5) is 24.8. The number of nitrogens with zero attached hydrogens (tertiary/aromatic N) is 9. The zero-order chi connectivity index (χ0) is 24.4. The van der Waals surface area contributed by atoms with Crippen molar-refractivity contribution in [1.82, 2.24) is 38.9 Å². The molecule has 1 fully saturated rings. The lowest BCUT2D eigenvalue weighted by atomic mass is 10.1. The maximum Gasteiger partial charge on any atom is 0.282 e. The Morgan fingerprint density at radius 1 is 1.03 bits per heavy atom. The SMILES string of the molecule is O=C(c1cc2n(n1)CCN(c1nccc(Nn3c4ccc(cc4)n4cc3cn4)n1)C2)N1CC(F)(F)C1. The number of hydrogen-bond acceptors (Lipinski definition) is 7. The van der Waals surface area contributed by atoms with Crippen LogP contribution in [0.2, 0.25) is 0 Å². The van der Waals surface area contributed by atoms with Gasteiger partial charge in [-0.2, -0.15) is 15.2 Å². The molecule has 0 spiro atoms. The molecule has 6 aromatic rings. The normalized spacial score (nSPS) is 16.8. The van der Waals surface area contributed by atoms with E-state index >= 15 is 0 Å². The number of fused-ring (bicyclic) bond motifs is 3. The van der Waals surface area contributed by atoms with Crippen LogP contribution < -0.4 is 10.3 Å². The van der Waals surface area contributed by atoms with Gasteiger partial charge in [0.25, 0.3) is 11.8 Å². The molecule has 0 radical (unpaired) electrons. The van der Waals surface area contributed by atoms with Crippen molar-refractivity contribution in [2.75, 3.05) is 30.0 Å². The number of hydrogen-bond donors (Lipinski definition) is 1. The van der Waals surface area contributed by atoms with Gasteiger partial charge in [0.2, 0.25) is 5.95 Å². The fraction of sp³-hybridized carbons (Fsp3) is 0.261. The van der Waals surface area contributed by atoms with Crippen LogP contribution in [0.3, 0.4) is 0 Å². The van der Waals surface area contributed by atoms with E-state index in [9.17, 15) is 13.6 Å². The van der Waals surface area contributed by atoms with Crippen LogP contribution in [0.4, 0.5) is 20.5 Å². The summed E-state index contributed by atoms with van der Waals surface area (Å²) in [5.74, 6) is -2.15. The molecule has 2 aliphatic rings. The monoisotopic (exact) mass is 490 g/mol. The molecule has 1 saturated heterocycles. The maximum absolute atomic E-state index is 13.2. The predicted octanol–water partition coefficient (Wildman–Crippen LogP) is 2.26. The molecule has 182 valence electrons. The van der Waals surface area contributed by atoms with Crippen LogP contribution in [0.5, 0.6) is 0 Å². The van der Waals surface area contributed by atoms with Gasteiger partial charge in [0.1, 0.15) is 5.52 Å². The third-order valence-corrected chi connectivity index (χ3v) is 6.50. The van der Waals surface area contributed by atoms with E-state index in [-0.39, 0.29) is 5.69 Å². The average Bonchev–Trinajstić information content (AvgIpc) is 3.53. The third-order valence-electron chi connectivity index (χ3n) is 6.50. The number of aromatic nitrogens is 7. The largest absolute Gasteiger partial charge is 0.333 e. The van der Waals surface area contributed by atoms with Crippen molar-refractivity contribution in [3.05, 3.63) is 66.4 Å². The summed E-state index contributed by atoms with van der Waals surface area (Å²) in [7, 11) is 0. The molecule has 1 aromatic carbocycles. The molecule has 11 nitrogen and oxygen atoms in total. The van der Waals surface area contributed by atoms with Gasteiger partial charge in [-0.25, -0.2) is 18.3 Å². The molecule has 4 bridgehead atoms. The number of alkyl halides is 2. The van der Waals surface area contributed by atoms with E-state index < -0.39 is 24.9 Å². The predicted molar refractivity (Wildman–Crippen MR) is 126 cm³/mol. The lowest BCUT2D eigenvalue weighted by Crippen LogP contribution is -2.58. The number of halogens is 2. The molecular formula is C23H20F2N10O. The number of nitrogens with one attached hydrogen (secondary N) is 1. The molecule has 5 aromatic heterocycles. The van der Waals surface area contributed by atoms with Gasteiger partial charge in [0.05, 0.1) is 55.3 Å². The molecule has 7 heterocycles. The van der Waals surface area contributed by atoms with Gasteiger partial charge in [-0.3, -0.25) is 19.6 Å². The molecular weight excluding hydrogens is 470 g/mol. The van der Waals surface area contributed by atoms with Crippen LogP contribution >= 0.6 is 0 Å². The Balaban J connectivity index is 1.12. The van der Waals surface area contributed by atoms with Crippen molar-refractivity contribution in [3.8, 4) is 0 Å². The van der Waals surface area contributed by atoms with E-state index in [4.69, 9.17) is 4.98 Å². The highest BCUT2D eigenvalue weighted by Crippen LogP contribution is 2.28. The van der Waals surface area contributed by atoms with Gasteiger partial charge in [-0.05, 0) is 30.3 Å². The van der Waals surface area contributed by atoms with Crippen molar-refractivity contribution in [2.24, 2.45) is 0 Å². The number of benzene rings is 1. The topological polar surface area (TPSA) is 101 Å². The van der Waals surface area contributed by atoms with E-state index in [1.54, 1.807) is 29.2 Å². The first-order valence-corrected chi connectivity index (χ1v) is 11.5. The second-order valence-electron chi connectivity index (χ2n) is 9.03. The first-order valence-electron chi connectivity index (χ1n) is 11.5. The summed E-state index contributed by atoms with van der Waals surface area (Å²) in [5.41, 5.74) is 7.13. The minimum atomic E-state index is -2.81. The molecule has 8 rings (SSSR count). The number of carbonyl (C=O) groups excluding carboxylic acids is 1. The van der Waals surface area contributed by atoms with Crippen LogP contribution in [-0.2, 0) is 13.1 Å². The van der Waals surface area contributed by atoms with Gasteiger partial charge in [-0.1, -0.05) is 0 Å². The fourth-order valence-corrected chi connectivity index (χ4v) is 4.64. The van der Waals surface area contributed by atoms with Crippen LogP contribution in [0, 0.1) is 0 Å². The lowest BCUT2D eigenvalue weighted by molar-refractivity contribution is -0.113. The molecule has 0 aliphatic carbocycles. The highest BCUT2D eigenvalue weighted by molar-refractivity contribution is 5.93. The van der Waals surface area contributed by atoms with Crippen molar-refractivity contribution in [1.29, 1.82) is 0 Å². The fourth-order valence-electron chi connectivity index (χ4n) is 4.64. The van der Waals surface area contributed by atoms with Crippen molar-refractivity contribution in [3.63, 3.8) is 0 Å². The van der Waals surface area contributed by atoms with Gasteiger partial charge in [0.15, 0.2) is 11.5 Å². The van der Waals surface area contributed by atoms with Gasteiger partial charge in [0, 0.05) is 18.8 Å². The zero-order valence-corrected chi connectivity index (χ0v) is 18.9. The molecule has 1 amide bonds. The summed E-state index contributed by atoms with van der Waals surface area (Å²) >= 11 is 0. The molecule has 0 atom stereocenters. The summed E-state index contributed by atoms with van der Waals surface area (Å²) in [6.45, 7) is 0.437. The highest BCUT2D eigenvalue weighted by Gasteiger charge is 2.47. The number of likely N-dealkylation sites (tertiary alicyclic amines) is 1. The molecule has 36 heavy (non-hydrogen) atoms. The molecule has 1 N–H and O–H groups in total. The standard InChI is InChI=1S/C23H20F2N10O/c24-23(25)13-32(14-23)21(36)19-9-17-11-31(7-8-33(17)29-19)22-26-6-5-20(28-22)30-35-16-3-1-15(2-4-16)34-12-18(35)10-27-34/h1-6,9-10,12H,7-8,11,13-14H2,(H,26,28,30). The van der Waals surface area contributed by atoms with Gasteiger partial charge >= 0.3 is 0 Å². The average molecular weight is 490 g/mol. The molecule has 2 aliphatic heterocycles. The smallest absolute Gasteiger partial charge is 0.282 e. The lowest BCUT2D eigenvalue weighted by Gasteiger charge is -2.38. The first-order chi connectivity index (χ1) is 17.4. The van der Waals surface area contributed by atoms with Crippen LogP contribution in [-0.4, -0.2) is 70.4 Å². The van der Waals surface area contributed by atoms with E-state index in [0.717, 1.165) is 27.1 Å². The van der Waals surface area contributed by atoms with E-state index in [1.807, 2.05) is 44.6 Å². The minimum absolute atomic E-state index is 0.183. The first kappa shape index (κ1) is 20.8. The Hall–Kier alpha value is -4.55. The Morgan fingerprint density at radius 3 is 2.64 bits per heavy atom. The van der Waals surface area contributed by atoms with Gasteiger partial charge < -0.3 is 9.80 Å². The summed E-state index contributed by atoms with van der Waals surface area (Å²) in [6.07, 6.45) is 5.40. The number of amides is 1. The Bertz CT molecular complexity index is 1600. The Morgan fingerprint density at radius 2 is 1.83 bits per heavy atom. The number of anilines is 2. The van der Waals surface area contributed by atoms with Crippen LogP contribution in [0.15, 0.2) is 55.0 Å². The quantitative estimate of drug-likeness (QED) is 0.412. The number of carbonyl (C=O) groups is 1. The van der Waals surface area contributed by atoms with Crippen molar-refractivity contribution >= 4 is 34.2 Å². The summed E-state index contributed by atoms with van der Waals surface area (Å²) in [5, 5.41) is 8.75. The second-order valence-corrected chi connectivity index (χ2v) is 9.03. The van der Waals surface area contributed by atoms with Gasteiger partial charge in [-0.15, -0.1) is 0 Å². The van der Waals surface area contributed by atoms with Crippen molar-refractivity contribution < 1.29 is 13.6 Å². The van der Waals surface area contributed by atoms with E-state index in [1.165, 1.54) is 0 Å². The highest BCUT2D eigenvalue weighted by atomic mass is 19.3. The van der Waals surface area contributed by atoms with Crippen LogP contribution in [0.25, 0.3) is 16.6 Å². The van der Waals surface area contributed by atoms with Crippen LogP contribution in [0.1, 0.15) is 16.2 Å². The Kier molecular flexibility index (Phi) is 4.32. The second kappa shape index (κ2) is 7.47. The third kappa shape index (κ3) is 3.42. The molecule has 0 unspecified atom stereocenters. The summed E-state index contributed by atoms with van der Waals surface area (Å²) < 4.78 is 31.8. The molecule has 0 saturated carbocycles. The maximum atomic E-state index is 13.2. The van der Waals surface area contributed by atoms with E-state index in [0.29, 0.717) is 31.4 Å².